The van der Waals surface area contributed by atoms with Gasteiger partial charge in [-0.2, -0.15) is 0 Å². The number of nitrogens with zero attached hydrogens (tertiary/aromatic N) is 1. The first kappa shape index (κ1) is 25.5. The monoisotopic (exact) mass is 534 g/mol. The average molecular weight is 535 g/mol. The summed E-state index contributed by atoms with van der Waals surface area (Å²) in [6.07, 6.45) is 0.734. The summed E-state index contributed by atoms with van der Waals surface area (Å²) in [5.74, 6) is 1.52. The largest absolute Gasteiger partial charge is 0.493 e. The lowest BCUT2D eigenvalue weighted by molar-refractivity contribution is 0.190. The van der Waals surface area contributed by atoms with Gasteiger partial charge in [-0.15, -0.1) is 0 Å². The summed E-state index contributed by atoms with van der Waals surface area (Å²) < 4.78 is 36.1. The van der Waals surface area contributed by atoms with Gasteiger partial charge in [-0.25, -0.2) is 9.18 Å². The molecule has 0 spiro atoms. The van der Waals surface area contributed by atoms with E-state index in [1.807, 2.05) is 31.2 Å². The maximum Gasteiger partial charge on any atom is 0.336 e. The molecule has 0 saturated carbocycles. The highest BCUT2D eigenvalue weighted by Crippen LogP contribution is 2.39. The number of hydrogen-bond donors (Lipinski definition) is 1. The third-order valence-electron chi connectivity index (χ3n) is 6.69. The first-order chi connectivity index (χ1) is 18.4. The second-order valence-corrected chi connectivity index (χ2v) is 9.41. The Morgan fingerprint density at radius 3 is 2.55 bits per heavy atom. The highest BCUT2D eigenvalue weighted by Gasteiger charge is 2.31. The molecular weight excluding hydrogens is 507 g/mol. The van der Waals surface area contributed by atoms with E-state index < -0.39 is 5.63 Å². The molecule has 7 nitrogen and oxygen atoms in total. The van der Waals surface area contributed by atoms with Gasteiger partial charge in [0.15, 0.2) is 16.6 Å². The molecule has 38 heavy (non-hydrogen) atoms. The van der Waals surface area contributed by atoms with Crippen molar-refractivity contribution in [1.82, 2.24) is 4.90 Å². The third kappa shape index (κ3) is 5.15. The lowest BCUT2D eigenvalue weighted by Gasteiger charge is -2.39. The van der Waals surface area contributed by atoms with Crippen molar-refractivity contribution in [3.8, 4) is 17.2 Å². The number of thiocarbonyl (C=S) groups is 1. The number of methoxy groups -OCH3 is 2. The van der Waals surface area contributed by atoms with Gasteiger partial charge in [0.05, 0.1) is 20.3 Å². The molecule has 0 amide bonds. The Morgan fingerprint density at radius 1 is 1.08 bits per heavy atom. The summed E-state index contributed by atoms with van der Waals surface area (Å²) in [7, 11) is 3.21. The Kier molecular flexibility index (Phi) is 7.20. The van der Waals surface area contributed by atoms with E-state index in [1.54, 1.807) is 32.4 Å². The van der Waals surface area contributed by atoms with Crippen LogP contribution in [0.3, 0.4) is 0 Å². The highest BCUT2D eigenvalue weighted by atomic mass is 32.1. The van der Waals surface area contributed by atoms with Crippen LogP contribution in [0.15, 0.2) is 69.9 Å². The van der Waals surface area contributed by atoms with Crippen LogP contribution in [-0.4, -0.2) is 37.4 Å². The van der Waals surface area contributed by atoms with Crippen molar-refractivity contribution in [2.24, 2.45) is 0 Å². The maximum absolute atomic E-state index is 13.4. The van der Waals surface area contributed by atoms with Crippen LogP contribution in [-0.2, 0) is 6.42 Å². The Labute approximate surface area is 224 Å². The molecule has 9 heteroatoms. The van der Waals surface area contributed by atoms with Crippen LogP contribution in [0, 0.1) is 12.7 Å². The number of benzene rings is 3. The molecule has 4 aromatic rings. The van der Waals surface area contributed by atoms with E-state index in [-0.39, 0.29) is 18.5 Å². The summed E-state index contributed by atoms with van der Waals surface area (Å²) >= 11 is 5.79. The smallest absolute Gasteiger partial charge is 0.336 e. The molecule has 0 radical (unpaired) electrons. The molecule has 1 aromatic heterocycles. The van der Waals surface area contributed by atoms with Crippen LogP contribution in [0.1, 0.15) is 22.7 Å². The topological polar surface area (TPSA) is 73.2 Å². The van der Waals surface area contributed by atoms with Crippen molar-refractivity contribution in [1.29, 1.82) is 0 Å². The normalized spacial score (nSPS) is 14.6. The SMILES string of the molecule is COc1cc2c(cc1OC)[C@@H](COc1ccc3c(C)cc(=O)oc3c1)N(C(=S)Nc1ccc(F)cc1)CC2. The maximum atomic E-state index is 13.4. The number of halogens is 1. The minimum atomic E-state index is -0.405. The van der Waals surface area contributed by atoms with Crippen LogP contribution >= 0.6 is 12.2 Å². The number of aryl methyl sites for hydroxylation is 1. The van der Waals surface area contributed by atoms with Gasteiger partial charge in [-0.05, 0) is 90.8 Å². The Bertz CT molecular complexity index is 1550. The fourth-order valence-corrected chi connectivity index (χ4v) is 5.09. The second kappa shape index (κ2) is 10.7. The van der Waals surface area contributed by atoms with Crippen molar-refractivity contribution in [3.63, 3.8) is 0 Å². The van der Waals surface area contributed by atoms with Crippen molar-refractivity contribution < 1.29 is 23.0 Å². The number of fused-ring (bicyclic) bond motifs is 2. The van der Waals surface area contributed by atoms with Crippen molar-refractivity contribution in [2.75, 3.05) is 32.7 Å². The Morgan fingerprint density at radius 2 is 1.82 bits per heavy atom. The van der Waals surface area contributed by atoms with E-state index in [0.717, 1.165) is 28.5 Å². The number of rotatable bonds is 6. The summed E-state index contributed by atoms with van der Waals surface area (Å²) in [4.78, 5) is 13.9. The number of ether oxygens (including phenoxy) is 3. The van der Waals surface area contributed by atoms with Gasteiger partial charge in [0.25, 0.3) is 0 Å². The summed E-state index contributed by atoms with van der Waals surface area (Å²) in [6, 6.07) is 16.7. The molecule has 1 atom stereocenters. The molecule has 0 saturated heterocycles. The van der Waals surface area contributed by atoms with Gasteiger partial charge in [-0.1, -0.05) is 0 Å². The lowest BCUT2D eigenvalue weighted by atomic mass is 9.92. The van der Waals surface area contributed by atoms with Gasteiger partial charge in [0, 0.05) is 29.8 Å². The number of hydrogen-bond acceptors (Lipinski definition) is 6. The second-order valence-electron chi connectivity index (χ2n) is 9.02. The van der Waals surface area contributed by atoms with E-state index in [2.05, 4.69) is 10.2 Å². The van der Waals surface area contributed by atoms with Crippen LogP contribution < -0.4 is 25.2 Å². The molecule has 1 N–H and O–H groups in total. The molecule has 0 fully saturated rings. The lowest BCUT2D eigenvalue weighted by Crippen LogP contribution is -2.44. The minimum Gasteiger partial charge on any atom is -0.493 e. The van der Waals surface area contributed by atoms with Crippen LogP contribution in [0.5, 0.6) is 17.2 Å². The fourth-order valence-electron chi connectivity index (χ4n) is 4.75. The van der Waals surface area contributed by atoms with E-state index >= 15 is 0 Å². The zero-order chi connectivity index (χ0) is 26.8. The first-order valence-corrected chi connectivity index (χ1v) is 12.5. The molecule has 196 valence electrons. The van der Waals surface area contributed by atoms with E-state index in [1.165, 1.54) is 18.2 Å². The molecule has 2 heterocycles. The molecular formula is C29H27FN2O5S. The van der Waals surface area contributed by atoms with Crippen molar-refractivity contribution in [3.05, 3.63) is 93.6 Å². The summed E-state index contributed by atoms with van der Waals surface area (Å²) in [5.41, 5.74) is 3.70. The molecule has 5 rings (SSSR count). The Hall–Kier alpha value is -4.11. The standard InChI is InChI=1S/C29H27FN2O5S/c1-17-12-28(33)37-25-14-21(8-9-22(17)25)36-16-24-23-15-27(35-3)26(34-2)13-18(23)10-11-32(24)29(38)31-20-6-4-19(30)5-7-20/h4-9,12-15,24H,10-11,16H2,1-3H3,(H,31,38)/t24-/m1/s1. The summed E-state index contributed by atoms with van der Waals surface area (Å²) in [6.45, 7) is 2.76. The highest BCUT2D eigenvalue weighted by molar-refractivity contribution is 7.80. The Balaban J connectivity index is 1.47. The first-order valence-electron chi connectivity index (χ1n) is 12.1. The average Bonchev–Trinajstić information content (AvgIpc) is 2.91. The molecule has 0 aliphatic carbocycles. The quantitative estimate of drug-likeness (QED) is 0.252. The van der Waals surface area contributed by atoms with E-state index in [9.17, 15) is 9.18 Å². The van der Waals surface area contributed by atoms with Crippen molar-refractivity contribution in [2.45, 2.75) is 19.4 Å². The van der Waals surface area contributed by atoms with Gasteiger partial charge in [-0.3, -0.25) is 0 Å². The van der Waals surface area contributed by atoms with Crippen molar-refractivity contribution >= 4 is 34.0 Å². The molecule has 1 aliphatic heterocycles. The molecule has 3 aromatic carbocycles. The zero-order valence-corrected chi connectivity index (χ0v) is 22.1. The van der Waals surface area contributed by atoms with Crippen LogP contribution in [0.2, 0.25) is 0 Å². The predicted molar refractivity (Wildman–Crippen MR) is 148 cm³/mol. The van der Waals surface area contributed by atoms with E-state index in [4.69, 9.17) is 30.8 Å². The molecule has 0 bridgehead atoms. The van der Waals surface area contributed by atoms with Crippen LogP contribution in [0.4, 0.5) is 10.1 Å². The van der Waals surface area contributed by atoms with Gasteiger partial charge >= 0.3 is 5.63 Å². The number of nitrogens with one attached hydrogen (secondary N) is 1. The summed E-state index contributed by atoms with van der Waals surface area (Å²) in [5, 5.41) is 4.56. The third-order valence-corrected chi connectivity index (χ3v) is 7.03. The molecule has 1 aliphatic rings. The fraction of sp³-hybridized carbons (Fsp3) is 0.241. The minimum absolute atomic E-state index is 0.259. The van der Waals surface area contributed by atoms with Crippen LogP contribution in [0.25, 0.3) is 11.0 Å². The van der Waals surface area contributed by atoms with Gasteiger partial charge < -0.3 is 28.8 Å². The zero-order valence-electron chi connectivity index (χ0n) is 21.2. The number of anilines is 1. The van der Waals surface area contributed by atoms with Gasteiger partial charge in [0.1, 0.15) is 23.8 Å². The van der Waals surface area contributed by atoms with Gasteiger partial charge in [0.2, 0.25) is 0 Å². The molecule has 0 unspecified atom stereocenters. The van der Waals surface area contributed by atoms with E-state index in [0.29, 0.717) is 40.2 Å². The predicted octanol–water partition coefficient (Wildman–Crippen LogP) is 5.63.